The molecule has 0 aliphatic carbocycles. The number of hydrogen-bond acceptors (Lipinski definition) is 14. The second-order valence-corrected chi connectivity index (χ2v) is 24.6. The van der Waals surface area contributed by atoms with Crippen LogP contribution in [0.25, 0.3) is 10.9 Å². The van der Waals surface area contributed by atoms with Crippen molar-refractivity contribution < 1.29 is 66.9 Å². The Morgan fingerprint density at radius 2 is 1.51 bits per heavy atom. The molecule has 4 aromatic carbocycles. The molecule has 5 aromatic rings. The molecular weight excluding hydrogens is 1180 g/mol. The minimum absolute atomic E-state index is 0.00669. The minimum Gasteiger partial charge on any atom is -0.497 e. The Balaban J connectivity index is 1.07. The molecule has 0 saturated carbocycles. The van der Waals surface area contributed by atoms with E-state index in [9.17, 15) is 33.9 Å². The summed E-state index contributed by atoms with van der Waals surface area (Å²) in [5, 5.41) is 26.1. The van der Waals surface area contributed by atoms with E-state index in [1.165, 1.54) is 43.1 Å². The lowest BCUT2D eigenvalue weighted by Gasteiger charge is -2.37. The predicted molar refractivity (Wildman–Crippen MR) is 337 cm³/mol. The third kappa shape index (κ3) is 16.8. The molecule has 8 amide bonds. The number of aryl methyl sites for hydroxylation is 1. The number of aliphatic hydroxyl groups excluding tert-OH is 1. The van der Waals surface area contributed by atoms with E-state index < -0.39 is 108 Å². The van der Waals surface area contributed by atoms with Gasteiger partial charge in [-0.2, -0.15) is 0 Å². The Hall–Kier alpha value is -8.74. The van der Waals surface area contributed by atoms with Gasteiger partial charge >= 0.3 is 5.97 Å². The third-order valence-corrected chi connectivity index (χ3v) is 18.0. The number of ether oxygens (including phenoxy) is 3. The maximum absolute atomic E-state index is 15.6. The summed E-state index contributed by atoms with van der Waals surface area (Å²) in [5.74, 6) is -5.65. The normalized spacial score (nSPS) is 24.4. The fraction of sp³-hybridized carbons (Fsp3) is 0.485. The molecule has 0 spiro atoms. The van der Waals surface area contributed by atoms with Crippen LogP contribution in [-0.2, 0) is 97.9 Å². The smallest absolute Gasteiger partial charge is 0.306 e. The summed E-state index contributed by atoms with van der Waals surface area (Å²) >= 11 is 0. The number of benzene rings is 4. The maximum Gasteiger partial charge on any atom is 0.306 e. The Kier molecular flexibility index (Phi) is 22.8. The van der Waals surface area contributed by atoms with E-state index in [1.807, 2.05) is 35.0 Å². The lowest BCUT2D eigenvalue weighted by molar-refractivity contribution is -0.148. The van der Waals surface area contributed by atoms with Crippen LogP contribution < -0.4 is 37.1 Å². The number of nitrogens with two attached hydrogens (primary N) is 1. The second-order valence-electron chi connectivity index (χ2n) is 24.6. The number of rotatable bonds is 7. The van der Waals surface area contributed by atoms with Gasteiger partial charge in [0.05, 0.1) is 38.9 Å². The maximum atomic E-state index is 15.6. The molecule has 6 heterocycles. The highest BCUT2D eigenvalue weighted by Crippen LogP contribution is 2.32. The van der Waals surface area contributed by atoms with E-state index >= 15 is 18.8 Å². The van der Waals surface area contributed by atoms with Gasteiger partial charge in [-0.05, 0) is 123 Å². The quantitative estimate of drug-likeness (QED) is 0.115. The molecule has 1 aromatic heterocycles. The topological polar surface area (TPSA) is 302 Å². The van der Waals surface area contributed by atoms with Gasteiger partial charge in [-0.25, -0.2) is 4.39 Å². The van der Waals surface area contributed by atoms with Crippen molar-refractivity contribution in [3.05, 3.63) is 136 Å². The largest absolute Gasteiger partial charge is 0.497 e. The molecule has 0 unspecified atom stereocenters. The van der Waals surface area contributed by atoms with Crippen molar-refractivity contribution in [2.24, 2.45) is 5.73 Å². The number of carbonyl (C=O) groups excluding carboxylic acids is 9. The zero-order valence-electron chi connectivity index (χ0n) is 52.7. The molecular formula is C68H85FN10O13. The van der Waals surface area contributed by atoms with Crippen molar-refractivity contribution in [2.75, 3.05) is 47.0 Å². The number of esters is 1. The average molecular weight is 1270 g/mol. The van der Waals surface area contributed by atoms with Gasteiger partial charge in [-0.1, -0.05) is 73.5 Å². The lowest BCUT2D eigenvalue weighted by Crippen LogP contribution is -2.64. The van der Waals surface area contributed by atoms with Crippen molar-refractivity contribution >= 4 is 64.1 Å². The average Bonchev–Trinajstić information content (AvgIpc) is 1.65. The highest BCUT2D eigenvalue weighted by Gasteiger charge is 2.49. The minimum atomic E-state index is -1.76. The molecule has 0 radical (unpaired) electrons. The SMILES string of the molecule is COC(=O)CCC(=O)N1CCCCCCn2cc(c3cc(F)ccc32)C[C@@H]2NC(=O)[C@@H](N)Cc3cccc(c3)CNC(=O)CO[C@H]3CCN(C2=O)[C@@H]3C(=O)N[C@@H]([C@@H](C)O)C(=O)N[C@@H](Cc2ccc(OC)cc2)C(=O)N2CCC[C@@]2(C)C(=O)NCCc2ccc(cc2)C1. The zero-order chi connectivity index (χ0) is 65.6. The highest BCUT2D eigenvalue weighted by molar-refractivity contribution is 5.99. The van der Waals surface area contributed by atoms with Crippen LogP contribution >= 0.6 is 0 Å². The Morgan fingerprint density at radius 1 is 0.772 bits per heavy atom. The fourth-order valence-electron chi connectivity index (χ4n) is 12.8. The first-order chi connectivity index (χ1) is 44.2. The molecule has 5 aliphatic heterocycles. The van der Waals surface area contributed by atoms with Crippen molar-refractivity contribution in [3.63, 3.8) is 0 Å². The Morgan fingerprint density at radius 3 is 2.25 bits per heavy atom. The summed E-state index contributed by atoms with van der Waals surface area (Å²) in [5.41, 5.74) is 10.2. The Labute approximate surface area is 534 Å². The summed E-state index contributed by atoms with van der Waals surface area (Å²) in [6.07, 6.45) is 2.66. The number of nitrogens with zero attached hydrogens (tertiary/aromatic N) is 4. The van der Waals surface area contributed by atoms with Crippen LogP contribution in [0.5, 0.6) is 5.75 Å². The molecule has 492 valence electrons. The van der Waals surface area contributed by atoms with E-state index in [-0.39, 0.29) is 77.2 Å². The molecule has 23 nitrogen and oxygen atoms in total. The van der Waals surface area contributed by atoms with Crippen molar-refractivity contribution in [2.45, 2.75) is 165 Å². The summed E-state index contributed by atoms with van der Waals surface area (Å²) in [4.78, 5) is 133. The standard InChI is InChI=1S/C68H85FN10O13/c1-42(80)60-63(85)74-53(35-44-17-20-50(90-3)21-18-44)66(88)79-31-10-27-68(79,2)67(89)71-28-25-43-13-15-45(16-14-43)39-77(58(82)23-24-59(83)91-4)30-8-6-5-7-29-76-40-48(51-37-49(69)19-22-55(51)76)36-54-65(87)78-32-26-56(61(78)64(86)75-60)92-41-57(81)72-38-47-12-9-11-46(33-47)34-52(70)62(84)73-54/h9,11-22,33,37,40,42,52-54,56,60-61,80H,5-8,10,23-32,34-36,38-39,41,70H2,1-4H3,(H,71,89)(H,72,81)(H,73,84)(H,74,85)(H,75,86)/t42-,52+,53+,54+,56+,60+,61+,68+/m1/s1. The molecule has 8 N–H and O–H groups in total. The number of aromatic nitrogens is 1. The molecule has 2 saturated heterocycles. The number of amides is 8. The second kappa shape index (κ2) is 31.1. The molecule has 24 heteroatoms. The van der Waals surface area contributed by atoms with Gasteiger partial charge in [0.2, 0.25) is 47.3 Å². The van der Waals surface area contributed by atoms with E-state index in [2.05, 4.69) is 26.6 Å². The summed E-state index contributed by atoms with van der Waals surface area (Å²) in [7, 11) is 2.78. The van der Waals surface area contributed by atoms with Gasteiger partial charge in [0.15, 0.2) is 0 Å². The summed E-state index contributed by atoms with van der Waals surface area (Å²) in [6.45, 7) is 3.92. The van der Waals surface area contributed by atoms with Crippen LogP contribution in [0.4, 0.5) is 4.39 Å². The van der Waals surface area contributed by atoms with E-state index in [0.29, 0.717) is 84.1 Å². The molecule has 92 heavy (non-hydrogen) atoms. The van der Waals surface area contributed by atoms with E-state index in [0.717, 1.165) is 24.0 Å². The van der Waals surface area contributed by atoms with Gasteiger partial charge in [0.1, 0.15) is 47.9 Å². The number of aliphatic hydroxyl groups is 1. The molecule has 10 bridgehead atoms. The van der Waals surface area contributed by atoms with Crippen molar-refractivity contribution in [3.8, 4) is 5.75 Å². The van der Waals surface area contributed by atoms with Crippen LogP contribution in [0.15, 0.2) is 97.2 Å². The zero-order valence-corrected chi connectivity index (χ0v) is 52.7. The van der Waals surface area contributed by atoms with Gasteiger partial charge in [0.25, 0.3) is 0 Å². The molecule has 8 atom stereocenters. The lowest BCUT2D eigenvalue weighted by atomic mass is 9.95. The van der Waals surface area contributed by atoms with E-state index in [4.69, 9.17) is 19.9 Å². The highest BCUT2D eigenvalue weighted by atomic mass is 19.1. The van der Waals surface area contributed by atoms with Gasteiger partial charge in [0, 0.05) is 82.2 Å². The predicted octanol–water partition coefficient (Wildman–Crippen LogP) is 3.19. The number of methoxy groups -OCH3 is 2. The van der Waals surface area contributed by atoms with Gasteiger partial charge in [-0.3, -0.25) is 43.2 Å². The Bertz CT molecular complexity index is 3490. The number of nitrogens with one attached hydrogen (secondary N) is 5. The van der Waals surface area contributed by atoms with E-state index in [1.54, 1.807) is 66.4 Å². The van der Waals surface area contributed by atoms with Crippen molar-refractivity contribution in [1.29, 1.82) is 0 Å². The molecule has 2 fully saturated rings. The number of fused-ring (bicyclic) bond motifs is 21. The first kappa shape index (κ1) is 67.6. The number of hydrogen-bond donors (Lipinski definition) is 7. The fourth-order valence-corrected chi connectivity index (χ4v) is 12.8. The van der Waals surface area contributed by atoms with Crippen LogP contribution in [0.3, 0.4) is 0 Å². The van der Waals surface area contributed by atoms with Gasteiger partial charge in [-0.15, -0.1) is 0 Å². The first-order valence-electron chi connectivity index (χ1n) is 31.8. The summed E-state index contributed by atoms with van der Waals surface area (Å²) in [6, 6.07) is 18.7. The summed E-state index contributed by atoms with van der Waals surface area (Å²) < 4.78 is 33.8. The van der Waals surface area contributed by atoms with Crippen LogP contribution in [0.1, 0.15) is 105 Å². The van der Waals surface area contributed by atoms with Crippen LogP contribution in [-0.4, -0.2) is 173 Å². The van der Waals surface area contributed by atoms with Crippen molar-refractivity contribution in [1.82, 2.24) is 45.9 Å². The number of carbonyl (C=O) groups is 9. The van der Waals surface area contributed by atoms with Crippen LogP contribution in [0, 0.1) is 5.82 Å². The third-order valence-electron chi connectivity index (χ3n) is 18.0. The number of halogens is 1. The first-order valence-corrected chi connectivity index (χ1v) is 31.8. The van der Waals surface area contributed by atoms with Crippen LogP contribution in [0.2, 0.25) is 0 Å². The van der Waals surface area contributed by atoms with Gasteiger partial charge < -0.3 is 70.9 Å². The molecule has 10 rings (SSSR count). The molecule has 5 aliphatic rings. The monoisotopic (exact) mass is 1270 g/mol.